The zero-order chi connectivity index (χ0) is 9.35. The van der Waals surface area contributed by atoms with Crippen molar-refractivity contribution in [1.29, 1.82) is 0 Å². The fourth-order valence-electron chi connectivity index (χ4n) is 0.739. The van der Waals surface area contributed by atoms with Gasteiger partial charge in [0.15, 0.2) is 0 Å². The van der Waals surface area contributed by atoms with Crippen LogP contribution in [-0.4, -0.2) is 11.0 Å². The van der Waals surface area contributed by atoms with E-state index in [0.717, 1.165) is 12.5 Å². The maximum absolute atomic E-state index is 12.5. The van der Waals surface area contributed by atoms with Crippen LogP contribution in [-0.2, 0) is 13.1 Å². The first kappa shape index (κ1) is 9.02. The number of halogens is 4. The smallest absolute Gasteiger partial charge is 0.239 e. The van der Waals surface area contributed by atoms with Crippen LogP contribution in [0.5, 0.6) is 0 Å². The van der Waals surface area contributed by atoms with Crippen LogP contribution in [0.2, 0.25) is 0 Å². The van der Waals surface area contributed by atoms with Crippen molar-refractivity contribution in [2.24, 2.45) is 7.05 Å². The van der Waals surface area contributed by atoms with Crippen LogP contribution in [0.3, 0.4) is 0 Å². The molecule has 0 amide bonds. The highest BCUT2D eigenvalue weighted by atomic mass is 19.3. The molecule has 0 N–H and O–H groups in total. The lowest BCUT2D eigenvalue weighted by molar-refractivity contribution is -0.671. The summed E-state index contributed by atoms with van der Waals surface area (Å²) in [5, 5.41) is 0. The minimum absolute atomic E-state index is 0.178. The Bertz CT molecular complexity index is 268. The number of hydrogen-bond donors (Lipinski definition) is 0. The Labute approximate surface area is 66.0 Å². The SMILES string of the molecule is C[n+]1ccn(C(F)(F)C(F)F)c1. The van der Waals surface area contributed by atoms with Crippen molar-refractivity contribution in [2.75, 3.05) is 0 Å². The van der Waals surface area contributed by atoms with Crippen molar-refractivity contribution in [3.8, 4) is 0 Å². The molecule has 0 fully saturated rings. The molecule has 1 heterocycles. The van der Waals surface area contributed by atoms with Crippen LogP contribution in [0.25, 0.3) is 0 Å². The zero-order valence-electron chi connectivity index (χ0n) is 6.22. The molecule has 0 aliphatic heterocycles. The van der Waals surface area contributed by atoms with Crippen LogP contribution < -0.4 is 4.57 Å². The predicted octanol–water partition coefficient (Wildman–Crippen LogP) is 1.13. The number of alkyl halides is 4. The van der Waals surface area contributed by atoms with E-state index in [2.05, 4.69) is 0 Å². The molecule has 0 spiro atoms. The molecule has 0 bridgehead atoms. The standard InChI is InChI=1S/C6H7F4N2/c1-11-2-3-12(4-11)6(9,10)5(7)8/h2-5H,1H3/q+1. The fourth-order valence-corrected chi connectivity index (χ4v) is 0.739. The Hall–Kier alpha value is -1.07. The van der Waals surface area contributed by atoms with Gasteiger partial charge in [-0.2, -0.15) is 22.1 Å². The summed E-state index contributed by atoms with van der Waals surface area (Å²) in [4.78, 5) is 0. The molecule has 0 saturated carbocycles. The van der Waals surface area contributed by atoms with E-state index in [1.54, 1.807) is 0 Å². The summed E-state index contributed by atoms with van der Waals surface area (Å²) in [5.74, 6) is 0. The monoisotopic (exact) mass is 183 g/mol. The second kappa shape index (κ2) is 2.76. The summed E-state index contributed by atoms with van der Waals surface area (Å²) in [5.41, 5.74) is 0. The molecule has 0 saturated heterocycles. The van der Waals surface area contributed by atoms with E-state index in [4.69, 9.17) is 0 Å². The Morgan fingerprint density at radius 3 is 2.33 bits per heavy atom. The maximum Gasteiger partial charge on any atom is 0.459 e. The molecule has 0 aliphatic carbocycles. The molecule has 0 unspecified atom stereocenters. The number of aryl methyl sites for hydroxylation is 1. The van der Waals surface area contributed by atoms with Crippen molar-refractivity contribution in [3.63, 3.8) is 0 Å². The molecule has 2 nitrogen and oxygen atoms in total. The first-order valence-corrected chi connectivity index (χ1v) is 3.14. The molecule has 0 atom stereocenters. The number of aromatic nitrogens is 2. The van der Waals surface area contributed by atoms with Gasteiger partial charge in [0.1, 0.15) is 12.4 Å². The van der Waals surface area contributed by atoms with Gasteiger partial charge >= 0.3 is 12.5 Å². The van der Waals surface area contributed by atoms with Gasteiger partial charge in [-0.05, 0) is 0 Å². The molecule has 6 heteroatoms. The van der Waals surface area contributed by atoms with E-state index >= 15 is 0 Å². The molecule has 1 aromatic rings. The van der Waals surface area contributed by atoms with Crippen molar-refractivity contribution < 1.29 is 22.1 Å². The molecule has 68 valence electrons. The van der Waals surface area contributed by atoms with E-state index in [1.807, 2.05) is 0 Å². The minimum Gasteiger partial charge on any atom is -0.239 e. The molecular formula is C6H7F4N2+. The highest BCUT2D eigenvalue weighted by Crippen LogP contribution is 2.27. The summed E-state index contributed by atoms with van der Waals surface area (Å²) < 4.78 is 49.9. The molecule has 1 aromatic heterocycles. The molecule has 0 aromatic carbocycles. The highest BCUT2D eigenvalue weighted by molar-refractivity contribution is 4.75. The third-order valence-electron chi connectivity index (χ3n) is 1.38. The van der Waals surface area contributed by atoms with Crippen molar-refractivity contribution in [2.45, 2.75) is 12.5 Å². The molecular weight excluding hydrogens is 176 g/mol. The minimum atomic E-state index is -4.12. The summed E-state index contributed by atoms with van der Waals surface area (Å²) in [6.07, 6.45) is -0.640. The van der Waals surface area contributed by atoms with Gasteiger partial charge in [0.05, 0.1) is 7.05 Å². The van der Waals surface area contributed by atoms with Gasteiger partial charge in [0, 0.05) is 0 Å². The highest BCUT2D eigenvalue weighted by Gasteiger charge is 2.47. The summed E-state index contributed by atoms with van der Waals surface area (Å²) >= 11 is 0. The Morgan fingerprint density at radius 1 is 1.42 bits per heavy atom. The van der Waals surface area contributed by atoms with E-state index in [9.17, 15) is 17.6 Å². The first-order valence-electron chi connectivity index (χ1n) is 3.14. The van der Waals surface area contributed by atoms with Crippen molar-refractivity contribution in [3.05, 3.63) is 18.7 Å². The first-order chi connectivity index (χ1) is 5.44. The number of imidazole rings is 1. The predicted molar refractivity (Wildman–Crippen MR) is 31.8 cm³/mol. The van der Waals surface area contributed by atoms with Gasteiger partial charge in [-0.15, -0.1) is 0 Å². The van der Waals surface area contributed by atoms with E-state index in [1.165, 1.54) is 17.8 Å². The Morgan fingerprint density at radius 2 is 2.00 bits per heavy atom. The third-order valence-corrected chi connectivity index (χ3v) is 1.38. The lowest BCUT2D eigenvalue weighted by Gasteiger charge is -2.09. The van der Waals surface area contributed by atoms with Crippen molar-refractivity contribution >= 4 is 0 Å². The van der Waals surface area contributed by atoms with Gasteiger partial charge < -0.3 is 0 Å². The summed E-state index contributed by atoms with van der Waals surface area (Å²) in [6.45, 7) is 0. The zero-order valence-corrected chi connectivity index (χ0v) is 6.22. The van der Waals surface area contributed by atoms with Gasteiger partial charge in [-0.25, -0.2) is 4.57 Å². The van der Waals surface area contributed by atoms with Gasteiger partial charge in [0.2, 0.25) is 6.33 Å². The van der Waals surface area contributed by atoms with Crippen LogP contribution in [0.1, 0.15) is 0 Å². The largest absolute Gasteiger partial charge is 0.459 e. The van der Waals surface area contributed by atoms with Crippen LogP contribution in [0.4, 0.5) is 17.6 Å². The quantitative estimate of drug-likeness (QED) is 0.480. The lowest BCUT2D eigenvalue weighted by Crippen LogP contribution is -2.33. The average molecular weight is 183 g/mol. The number of nitrogens with zero attached hydrogens (tertiary/aromatic N) is 2. The molecule has 12 heavy (non-hydrogen) atoms. The number of hydrogen-bond acceptors (Lipinski definition) is 0. The maximum atomic E-state index is 12.5. The van der Waals surface area contributed by atoms with Gasteiger partial charge in [-0.1, -0.05) is 0 Å². The number of rotatable bonds is 2. The topological polar surface area (TPSA) is 8.81 Å². The van der Waals surface area contributed by atoms with Crippen LogP contribution in [0, 0.1) is 0 Å². The summed E-state index contributed by atoms with van der Waals surface area (Å²) in [6, 6.07) is -4.12. The Kier molecular flexibility index (Phi) is 2.08. The summed E-state index contributed by atoms with van der Waals surface area (Å²) in [7, 11) is 1.47. The van der Waals surface area contributed by atoms with E-state index in [0.29, 0.717) is 0 Å². The third kappa shape index (κ3) is 1.41. The van der Waals surface area contributed by atoms with E-state index < -0.39 is 12.5 Å². The fraction of sp³-hybridized carbons (Fsp3) is 0.500. The molecule has 0 aliphatic rings. The lowest BCUT2D eigenvalue weighted by atomic mass is 10.5. The van der Waals surface area contributed by atoms with Gasteiger partial charge in [-0.3, -0.25) is 0 Å². The second-order valence-electron chi connectivity index (χ2n) is 2.37. The van der Waals surface area contributed by atoms with Crippen molar-refractivity contribution in [1.82, 2.24) is 4.57 Å². The molecule has 0 radical (unpaired) electrons. The second-order valence-corrected chi connectivity index (χ2v) is 2.37. The van der Waals surface area contributed by atoms with Gasteiger partial charge in [0.25, 0.3) is 0 Å². The average Bonchev–Trinajstić information content (AvgIpc) is 2.35. The molecule has 1 rings (SSSR count). The Balaban J connectivity index is 2.97. The van der Waals surface area contributed by atoms with Crippen LogP contribution >= 0.6 is 0 Å². The van der Waals surface area contributed by atoms with E-state index in [-0.39, 0.29) is 4.57 Å². The normalized spacial score (nSPS) is 12.5. The van der Waals surface area contributed by atoms with Crippen LogP contribution in [0.15, 0.2) is 18.7 Å².